The molecule has 1 aromatic carbocycles. The van der Waals surface area contributed by atoms with Gasteiger partial charge in [-0.3, -0.25) is 9.48 Å². The fourth-order valence-electron chi connectivity index (χ4n) is 3.25. The molecular formula is C19H25N3O. The molecule has 0 radical (unpaired) electrons. The van der Waals surface area contributed by atoms with E-state index in [-0.39, 0.29) is 5.91 Å². The fraction of sp³-hybridized carbons (Fsp3) is 0.474. The summed E-state index contributed by atoms with van der Waals surface area (Å²) in [5.74, 6) is 0.0532. The summed E-state index contributed by atoms with van der Waals surface area (Å²) in [5.41, 5.74) is 6.02. The highest BCUT2D eigenvalue weighted by molar-refractivity contribution is 5.91. The van der Waals surface area contributed by atoms with Crippen LogP contribution in [0.25, 0.3) is 0 Å². The van der Waals surface area contributed by atoms with Gasteiger partial charge in [-0.1, -0.05) is 19.1 Å². The van der Waals surface area contributed by atoms with Gasteiger partial charge < -0.3 is 5.32 Å². The highest BCUT2D eigenvalue weighted by Crippen LogP contribution is 2.21. The minimum Gasteiger partial charge on any atom is -0.326 e. The molecule has 0 saturated carbocycles. The first-order valence-corrected chi connectivity index (χ1v) is 8.60. The lowest BCUT2D eigenvalue weighted by atomic mass is 9.98. The van der Waals surface area contributed by atoms with Gasteiger partial charge in [-0.2, -0.15) is 5.10 Å². The number of hydrogen-bond acceptors (Lipinski definition) is 2. The van der Waals surface area contributed by atoms with E-state index in [1.165, 1.54) is 29.7 Å². The SMILES string of the molecule is CCc1ccc(NC(=O)CCn2ncc3c2CCCC3)c(C)c1. The number of fused-ring (bicyclic) bond motifs is 1. The quantitative estimate of drug-likeness (QED) is 0.916. The Kier molecular flexibility index (Phi) is 4.79. The van der Waals surface area contributed by atoms with Crippen molar-refractivity contribution in [2.45, 2.75) is 58.9 Å². The minimum absolute atomic E-state index is 0.0532. The molecular weight excluding hydrogens is 286 g/mol. The summed E-state index contributed by atoms with van der Waals surface area (Å²) < 4.78 is 2.01. The first-order valence-electron chi connectivity index (χ1n) is 8.60. The number of amides is 1. The molecule has 4 nitrogen and oxygen atoms in total. The van der Waals surface area contributed by atoms with Crippen LogP contribution in [0.1, 0.15) is 48.6 Å². The van der Waals surface area contributed by atoms with E-state index in [1.54, 1.807) is 0 Å². The van der Waals surface area contributed by atoms with Crippen molar-refractivity contribution in [1.82, 2.24) is 9.78 Å². The van der Waals surface area contributed by atoms with Gasteiger partial charge in [0.15, 0.2) is 0 Å². The van der Waals surface area contributed by atoms with Gasteiger partial charge in [0.25, 0.3) is 0 Å². The van der Waals surface area contributed by atoms with Crippen LogP contribution in [-0.2, 0) is 30.6 Å². The van der Waals surface area contributed by atoms with Crippen molar-refractivity contribution in [3.63, 3.8) is 0 Å². The highest BCUT2D eigenvalue weighted by Gasteiger charge is 2.15. The predicted molar refractivity (Wildman–Crippen MR) is 92.7 cm³/mol. The van der Waals surface area contributed by atoms with Gasteiger partial charge in [-0.05, 0) is 61.8 Å². The van der Waals surface area contributed by atoms with Crippen LogP contribution in [0, 0.1) is 6.92 Å². The second kappa shape index (κ2) is 6.99. The minimum atomic E-state index is 0.0532. The number of aromatic nitrogens is 2. The van der Waals surface area contributed by atoms with Crippen LogP contribution in [0.15, 0.2) is 24.4 Å². The van der Waals surface area contributed by atoms with Crippen molar-refractivity contribution in [3.05, 3.63) is 46.8 Å². The number of nitrogens with one attached hydrogen (secondary N) is 1. The van der Waals surface area contributed by atoms with Crippen LogP contribution < -0.4 is 5.32 Å². The summed E-state index contributed by atoms with van der Waals surface area (Å²) in [6, 6.07) is 6.22. The van der Waals surface area contributed by atoms with Crippen LogP contribution in [-0.4, -0.2) is 15.7 Å². The maximum atomic E-state index is 12.2. The lowest BCUT2D eigenvalue weighted by Gasteiger charge is -2.14. The molecule has 1 aliphatic carbocycles. The molecule has 23 heavy (non-hydrogen) atoms. The molecule has 1 aromatic heterocycles. The standard InChI is InChI=1S/C19H25N3O/c1-3-15-8-9-17(14(2)12-15)21-19(23)10-11-22-18-7-5-4-6-16(18)13-20-22/h8-9,12-13H,3-7,10-11H2,1-2H3,(H,21,23). The maximum Gasteiger partial charge on any atom is 0.226 e. The van der Waals surface area contributed by atoms with Crippen LogP contribution in [0.5, 0.6) is 0 Å². The Bertz CT molecular complexity index is 703. The zero-order valence-electron chi connectivity index (χ0n) is 14.1. The Morgan fingerprint density at radius 2 is 2.13 bits per heavy atom. The van der Waals surface area contributed by atoms with Crippen LogP contribution in [0.2, 0.25) is 0 Å². The van der Waals surface area contributed by atoms with Gasteiger partial charge in [0.2, 0.25) is 5.91 Å². The second-order valence-electron chi connectivity index (χ2n) is 6.35. The molecule has 122 valence electrons. The lowest BCUT2D eigenvalue weighted by molar-refractivity contribution is -0.116. The average Bonchev–Trinajstić information content (AvgIpc) is 2.98. The summed E-state index contributed by atoms with van der Waals surface area (Å²) in [6.07, 6.45) is 8.15. The van der Waals surface area contributed by atoms with E-state index in [4.69, 9.17) is 0 Å². The number of hydrogen-bond donors (Lipinski definition) is 1. The molecule has 1 N–H and O–H groups in total. The summed E-state index contributed by atoms with van der Waals surface area (Å²) in [5, 5.41) is 7.48. The second-order valence-corrected chi connectivity index (χ2v) is 6.35. The molecule has 0 saturated heterocycles. The first kappa shape index (κ1) is 15.8. The molecule has 0 fully saturated rings. The molecule has 0 aliphatic heterocycles. The summed E-state index contributed by atoms with van der Waals surface area (Å²) in [4.78, 5) is 12.2. The van der Waals surface area contributed by atoms with E-state index >= 15 is 0 Å². The smallest absolute Gasteiger partial charge is 0.226 e. The van der Waals surface area contributed by atoms with Crippen molar-refractivity contribution in [2.75, 3.05) is 5.32 Å². The van der Waals surface area contributed by atoms with Crippen LogP contribution in [0.4, 0.5) is 5.69 Å². The first-order chi connectivity index (χ1) is 11.2. The highest BCUT2D eigenvalue weighted by atomic mass is 16.1. The molecule has 1 amide bonds. The third kappa shape index (κ3) is 3.63. The van der Waals surface area contributed by atoms with E-state index in [0.717, 1.165) is 30.5 Å². The number of carbonyl (C=O) groups is 1. The summed E-state index contributed by atoms with van der Waals surface area (Å²) >= 11 is 0. The maximum absolute atomic E-state index is 12.2. The number of nitrogens with zero attached hydrogens (tertiary/aromatic N) is 2. The van der Waals surface area contributed by atoms with Crippen molar-refractivity contribution in [2.24, 2.45) is 0 Å². The van der Waals surface area contributed by atoms with Crippen molar-refractivity contribution in [3.8, 4) is 0 Å². The number of anilines is 1. The van der Waals surface area contributed by atoms with Gasteiger partial charge in [-0.15, -0.1) is 0 Å². The predicted octanol–water partition coefficient (Wildman–Crippen LogP) is 3.66. The third-order valence-corrected chi connectivity index (χ3v) is 4.67. The van der Waals surface area contributed by atoms with Gasteiger partial charge in [0.05, 0.1) is 6.20 Å². The van der Waals surface area contributed by atoms with E-state index < -0.39 is 0 Å². The topological polar surface area (TPSA) is 46.9 Å². The Labute approximate surface area is 137 Å². The van der Waals surface area contributed by atoms with Gasteiger partial charge in [0, 0.05) is 24.3 Å². The number of rotatable bonds is 5. The Balaban J connectivity index is 1.59. The molecule has 0 spiro atoms. The Morgan fingerprint density at radius 3 is 2.91 bits per heavy atom. The number of benzene rings is 1. The number of aryl methyl sites for hydroxylation is 4. The van der Waals surface area contributed by atoms with Crippen molar-refractivity contribution in [1.29, 1.82) is 0 Å². The van der Waals surface area contributed by atoms with E-state index in [2.05, 4.69) is 29.5 Å². The van der Waals surface area contributed by atoms with E-state index in [9.17, 15) is 4.79 Å². The molecule has 4 heteroatoms. The van der Waals surface area contributed by atoms with Crippen molar-refractivity contribution < 1.29 is 4.79 Å². The number of carbonyl (C=O) groups excluding carboxylic acids is 1. The van der Waals surface area contributed by atoms with E-state index in [0.29, 0.717) is 13.0 Å². The van der Waals surface area contributed by atoms with E-state index in [1.807, 2.05) is 23.9 Å². The van der Waals surface area contributed by atoms with Gasteiger partial charge in [-0.25, -0.2) is 0 Å². The largest absolute Gasteiger partial charge is 0.326 e. The zero-order valence-corrected chi connectivity index (χ0v) is 14.1. The molecule has 0 unspecified atom stereocenters. The summed E-state index contributed by atoms with van der Waals surface area (Å²) in [6.45, 7) is 4.84. The molecule has 3 rings (SSSR count). The van der Waals surface area contributed by atoms with Crippen molar-refractivity contribution >= 4 is 11.6 Å². The molecule has 0 atom stereocenters. The van der Waals surface area contributed by atoms with Gasteiger partial charge >= 0.3 is 0 Å². The van der Waals surface area contributed by atoms with Gasteiger partial charge in [0.1, 0.15) is 0 Å². The Hall–Kier alpha value is -2.10. The third-order valence-electron chi connectivity index (χ3n) is 4.67. The zero-order chi connectivity index (χ0) is 16.2. The molecule has 2 aromatic rings. The molecule has 0 bridgehead atoms. The fourth-order valence-corrected chi connectivity index (χ4v) is 3.25. The van der Waals surface area contributed by atoms with Crippen LogP contribution in [0.3, 0.4) is 0 Å². The normalized spacial score (nSPS) is 13.7. The Morgan fingerprint density at radius 1 is 1.30 bits per heavy atom. The van der Waals surface area contributed by atoms with Crippen LogP contribution >= 0.6 is 0 Å². The summed E-state index contributed by atoms with van der Waals surface area (Å²) in [7, 11) is 0. The monoisotopic (exact) mass is 311 g/mol. The average molecular weight is 311 g/mol. The molecule has 1 aliphatic rings. The molecule has 1 heterocycles. The lowest BCUT2D eigenvalue weighted by Crippen LogP contribution is -2.17.